The highest BCUT2D eigenvalue weighted by Gasteiger charge is 2.39. The van der Waals surface area contributed by atoms with Crippen molar-refractivity contribution in [3.63, 3.8) is 0 Å². The third-order valence-electron chi connectivity index (χ3n) is 2.15. The van der Waals surface area contributed by atoms with E-state index in [9.17, 15) is 13.2 Å². The Morgan fingerprint density at radius 2 is 2.25 bits per heavy atom. The number of thiophene rings is 1. The lowest BCUT2D eigenvalue weighted by atomic mass is 10.1. The lowest BCUT2D eigenvalue weighted by Crippen LogP contribution is -2.32. The number of halogens is 3. The van der Waals surface area contributed by atoms with Crippen LogP contribution in [-0.2, 0) is 6.54 Å². The fraction of sp³-hybridized carbons (Fsp3) is 0.500. The molecule has 1 aromatic heterocycles. The van der Waals surface area contributed by atoms with Crippen LogP contribution in [0.2, 0.25) is 0 Å². The number of hydrogen-bond acceptors (Lipinski definition) is 3. The van der Waals surface area contributed by atoms with Gasteiger partial charge in [0.1, 0.15) is 0 Å². The van der Waals surface area contributed by atoms with Gasteiger partial charge in [-0.15, -0.1) is 11.3 Å². The number of hydrogen-bond donors (Lipinski definition) is 1. The molecule has 1 N–H and O–H groups in total. The van der Waals surface area contributed by atoms with Crippen molar-refractivity contribution in [3.8, 4) is 6.07 Å². The summed E-state index contributed by atoms with van der Waals surface area (Å²) in [5.74, 6) is -1.94. The second-order valence-electron chi connectivity index (χ2n) is 3.38. The van der Waals surface area contributed by atoms with E-state index in [1.165, 1.54) is 17.4 Å². The Hall–Kier alpha value is -1.06. The average Bonchev–Trinajstić information content (AvgIpc) is 2.57. The molecule has 0 aliphatic rings. The van der Waals surface area contributed by atoms with E-state index in [0.717, 1.165) is 10.4 Å². The maximum atomic E-state index is 12.2. The molecule has 88 valence electrons. The summed E-state index contributed by atoms with van der Waals surface area (Å²) in [6.07, 6.45) is -4.45. The maximum Gasteiger partial charge on any atom is 0.405 e. The van der Waals surface area contributed by atoms with E-state index in [2.05, 4.69) is 5.32 Å². The topological polar surface area (TPSA) is 35.8 Å². The van der Waals surface area contributed by atoms with Crippen LogP contribution in [0.1, 0.15) is 10.4 Å². The van der Waals surface area contributed by atoms with Crippen LogP contribution in [0, 0.1) is 24.2 Å². The minimum Gasteiger partial charge on any atom is -0.310 e. The Morgan fingerprint density at radius 3 is 2.69 bits per heavy atom. The largest absolute Gasteiger partial charge is 0.405 e. The van der Waals surface area contributed by atoms with E-state index in [-0.39, 0.29) is 6.54 Å². The van der Waals surface area contributed by atoms with Gasteiger partial charge in [-0.1, -0.05) is 0 Å². The zero-order valence-electron chi connectivity index (χ0n) is 8.64. The quantitative estimate of drug-likeness (QED) is 0.889. The van der Waals surface area contributed by atoms with Crippen LogP contribution in [0.25, 0.3) is 0 Å². The molecule has 1 heterocycles. The van der Waals surface area contributed by atoms with Crippen LogP contribution < -0.4 is 5.32 Å². The van der Waals surface area contributed by atoms with Gasteiger partial charge in [-0.3, -0.25) is 0 Å². The summed E-state index contributed by atoms with van der Waals surface area (Å²) in [7, 11) is 0. The van der Waals surface area contributed by atoms with E-state index >= 15 is 0 Å². The summed E-state index contributed by atoms with van der Waals surface area (Å²) >= 11 is 1.49. The standard InChI is InChI=1S/C10H11F3N2S/c1-7-2-3-16-9(7)6-15-5-8(4-14)10(11,12)13/h2-3,8,15H,5-6H2,1H3. The van der Waals surface area contributed by atoms with Gasteiger partial charge in [-0.05, 0) is 23.9 Å². The van der Waals surface area contributed by atoms with Gasteiger partial charge >= 0.3 is 6.18 Å². The average molecular weight is 248 g/mol. The minimum atomic E-state index is -4.45. The van der Waals surface area contributed by atoms with Gasteiger partial charge in [0.25, 0.3) is 0 Å². The SMILES string of the molecule is Cc1ccsc1CNCC(C#N)C(F)(F)F. The molecule has 0 amide bonds. The van der Waals surface area contributed by atoms with Crippen molar-refractivity contribution in [1.82, 2.24) is 5.32 Å². The first-order valence-electron chi connectivity index (χ1n) is 4.65. The summed E-state index contributed by atoms with van der Waals surface area (Å²) in [4.78, 5) is 0.999. The minimum absolute atomic E-state index is 0.364. The highest BCUT2D eigenvalue weighted by molar-refractivity contribution is 7.10. The van der Waals surface area contributed by atoms with Crippen molar-refractivity contribution in [2.75, 3.05) is 6.54 Å². The number of nitriles is 1. The Kier molecular flexibility index (Phi) is 4.33. The van der Waals surface area contributed by atoms with Crippen LogP contribution in [0.4, 0.5) is 13.2 Å². The molecule has 1 atom stereocenters. The summed E-state index contributed by atoms with van der Waals surface area (Å²) in [6, 6.07) is 3.16. The molecule has 0 radical (unpaired) electrons. The van der Waals surface area contributed by atoms with E-state index in [0.29, 0.717) is 6.54 Å². The Bertz CT molecular complexity index is 378. The Balaban J connectivity index is 2.41. The third-order valence-corrected chi connectivity index (χ3v) is 3.18. The predicted molar refractivity (Wildman–Crippen MR) is 55.9 cm³/mol. The van der Waals surface area contributed by atoms with Gasteiger partial charge in [-0.2, -0.15) is 18.4 Å². The summed E-state index contributed by atoms with van der Waals surface area (Å²) in [5.41, 5.74) is 1.05. The van der Waals surface area contributed by atoms with Crippen LogP contribution in [-0.4, -0.2) is 12.7 Å². The number of alkyl halides is 3. The fourth-order valence-electron chi connectivity index (χ4n) is 1.15. The predicted octanol–water partition coefficient (Wildman–Crippen LogP) is 2.85. The second kappa shape index (κ2) is 5.32. The molecule has 0 spiro atoms. The van der Waals surface area contributed by atoms with Crippen molar-refractivity contribution in [1.29, 1.82) is 5.26 Å². The summed E-state index contributed by atoms with van der Waals surface area (Å²) < 4.78 is 36.6. The monoisotopic (exact) mass is 248 g/mol. The molecule has 0 bridgehead atoms. The molecule has 0 saturated carbocycles. The molecular formula is C10H11F3N2S. The molecule has 2 nitrogen and oxygen atoms in total. The normalized spacial score (nSPS) is 13.4. The molecule has 6 heteroatoms. The molecule has 1 unspecified atom stereocenters. The number of rotatable bonds is 4. The van der Waals surface area contributed by atoms with E-state index in [4.69, 9.17) is 5.26 Å². The second-order valence-corrected chi connectivity index (χ2v) is 4.38. The molecule has 1 rings (SSSR count). The first-order valence-corrected chi connectivity index (χ1v) is 5.53. The zero-order valence-corrected chi connectivity index (χ0v) is 9.45. The van der Waals surface area contributed by atoms with Crippen molar-refractivity contribution >= 4 is 11.3 Å². The van der Waals surface area contributed by atoms with Gasteiger partial charge in [-0.25, -0.2) is 0 Å². The van der Waals surface area contributed by atoms with Crippen LogP contribution in [0.15, 0.2) is 11.4 Å². The van der Waals surface area contributed by atoms with Crippen LogP contribution >= 0.6 is 11.3 Å². The van der Waals surface area contributed by atoms with Gasteiger partial charge in [0.15, 0.2) is 5.92 Å². The molecule has 0 aliphatic carbocycles. The lowest BCUT2D eigenvalue weighted by molar-refractivity contribution is -0.157. The van der Waals surface area contributed by atoms with Crippen molar-refractivity contribution in [3.05, 3.63) is 21.9 Å². The highest BCUT2D eigenvalue weighted by Crippen LogP contribution is 2.25. The first-order chi connectivity index (χ1) is 7.45. The van der Waals surface area contributed by atoms with Crippen molar-refractivity contribution in [2.24, 2.45) is 5.92 Å². The van der Waals surface area contributed by atoms with Crippen molar-refractivity contribution < 1.29 is 13.2 Å². The summed E-state index contributed by atoms with van der Waals surface area (Å²) in [6.45, 7) is 1.91. The molecule has 1 aromatic rings. The first kappa shape index (κ1) is 13.0. The number of aryl methyl sites for hydroxylation is 1. The molecular weight excluding hydrogens is 237 g/mol. The van der Waals surface area contributed by atoms with E-state index in [1.54, 1.807) is 0 Å². The number of nitrogens with zero attached hydrogens (tertiary/aromatic N) is 1. The highest BCUT2D eigenvalue weighted by atomic mass is 32.1. The lowest BCUT2D eigenvalue weighted by Gasteiger charge is -2.13. The maximum absolute atomic E-state index is 12.2. The Morgan fingerprint density at radius 1 is 1.56 bits per heavy atom. The molecule has 0 aromatic carbocycles. The van der Waals surface area contributed by atoms with Gasteiger partial charge in [0, 0.05) is 18.0 Å². The van der Waals surface area contributed by atoms with Gasteiger partial charge < -0.3 is 5.32 Å². The molecule has 0 fully saturated rings. The third kappa shape index (κ3) is 3.51. The van der Waals surface area contributed by atoms with E-state index < -0.39 is 12.1 Å². The fourth-order valence-corrected chi connectivity index (χ4v) is 2.03. The van der Waals surface area contributed by atoms with Gasteiger partial charge in [0.2, 0.25) is 0 Å². The van der Waals surface area contributed by atoms with Crippen molar-refractivity contribution in [2.45, 2.75) is 19.6 Å². The molecule has 16 heavy (non-hydrogen) atoms. The van der Waals surface area contributed by atoms with Gasteiger partial charge in [0.05, 0.1) is 6.07 Å². The zero-order chi connectivity index (χ0) is 12.2. The number of nitrogens with one attached hydrogen (secondary N) is 1. The van der Waals surface area contributed by atoms with Crippen LogP contribution in [0.3, 0.4) is 0 Å². The smallest absolute Gasteiger partial charge is 0.310 e. The molecule has 0 saturated heterocycles. The van der Waals surface area contributed by atoms with E-state index in [1.807, 2.05) is 18.4 Å². The van der Waals surface area contributed by atoms with Crippen LogP contribution in [0.5, 0.6) is 0 Å². The summed E-state index contributed by atoms with van der Waals surface area (Å²) in [5, 5.41) is 12.9. The Labute approximate surface area is 95.7 Å². The molecule has 0 aliphatic heterocycles.